The predicted molar refractivity (Wildman–Crippen MR) is 71.1 cm³/mol. The molecular weight excluding hydrogens is 260 g/mol. The first-order chi connectivity index (χ1) is 9.58. The van der Waals surface area contributed by atoms with Gasteiger partial charge in [-0.25, -0.2) is 9.59 Å². The zero-order valence-corrected chi connectivity index (χ0v) is 10.4. The monoisotopic (exact) mass is 272 g/mol. The van der Waals surface area contributed by atoms with Crippen molar-refractivity contribution in [3.8, 4) is 5.75 Å². The highest BCUT2D eigenvalue weighted by atomic mass is 16.5. The number of rotatable bonds is 5. The van der Waals surface area contributed by atoms with Crippen LogP contribution in [0.1, 0.15) is 26.3 Å². The van der Waals surface area contributed by atoms with Crippen LogP contribution in [0.3, 0.4) is 0 Å². The standard InChI is InChI=1S/C15H12O5/c16-14(17)10-5-3-6-12(8-10)20-9-11-4-1-2-7-13(11)15(18)19/h1-8H,9H2,(H,16,17)(H,18,19). The van der Waals surface area contributed by atoms with Crippen LogP contribution in [0.5, 0.6) is 5.75 Å². The van der Waals surface area contributed by atoms with Gasteiger partial charge < -0.3 is 14.9 Å². The van der Waals surface area contributed by atoms with Crippen molar-refractivity contribution in [2.45, 2.75) is 6.61 Å². The molecule has 0 amide bonds. The average molecular weight is 272 g/mol. The third kappa shape index (κ3) is 3.14. The third-order valence-corrected chi connectivity index (χ3v) is 2.72. The maximum atomic E-state index is 11.0. The first kappa shape index (κ1) is 13.6. The summed E-state index contributed by atoms with van der Waals surface area (Å²) in [6.45, 7) is 0.0611. The molecule has 0 heterocycles. The lowest BCUT2D eigenvalue weighted by molar-refractivity contribution is 0.0685. The summed E-state index contributed by atoms with van der Waals surface area (Å²) in [5.41, 5.74) is 0.816. The molecule has 0 unspecified atom stereocenters. The van der Waals surface area contributed by atoms with Crippen LogP contribution < -0.4 is 4.74 Å². The second kappa shape index (κ2) is 5.88. The Morgan fingerprint density at radius 1 is 0.950 bits per heavy atom. The lowest BCUT2D eigenvalue weighted by atomic mass is 10.1. The minimum absolute atomic E-state index is 0.0611. The van der Waals surface area contributed by atoms with Gasteiger partial charge in [0.15, 0.2) is 0 Å². The molecule has 102 valence electrons. The van der Waals surface area contributed by atoms with Crippen molar-refractivity contribution in [3.63, 3.8) is 0 Å². The summed E-state index contributed by atoms with van der Waals surface area (Å²) >= 11 is 0. The Labute approximate surface area is 115 Å². The van der Waals surface area contributed by atoms with Crippen molar-refractivity contribution in [1.29, 1.82) is 0 Å². The molecule has 0 fully saturated rings. The van der Waals surface area contributed by atoms with Crippen LogP contribution in [-0.2, 0) is 6.61 Å². The first-order valence-corrected chi connectivity index (χ1v) is 5.85. The topological polar surface area (TPSA) is 83.8 Å². The smallest absolute Gasteiger partial charge is 0.336 e. The number of hydrogen-bond acceptors (Lipinski definition) is 3. The number of aromatic carboxylic acids is 2. The second-order valence-electron chi connectivity index (χ2n) is 4.08. The van der Waals surface area contributed by atoms with Gasteiger partial charge in [0.2, 0.25) is 0 Å². The van der Waals surface area contributed by atoms with Crippen LogP contribution in [-0.4, -0.2) is 22.2 Å². The number of carbonyl (C=O) groups is 2. The largest absolute Gasteiger partial charge is 0.489 e. The molecular formula is C15H12O5. The van der Waals surface area contributed by atoms with E-state index in [9.17, 15) is 9.59 Å². The molecule has 0 spiro atoms. The Kier molecular flexibility index (Phi) is 4.00. The van der Waals surface area contributed by atoms with E-state index in [-0.39, 0.29) is 17.7 Å². The van der Waals surface area contributed by atoms with E-state index in [1.165, 1.54) is 18.2 Å². The molecule has 5 nitrogen and oxygen atoms in total. The molecule has 0 radical (unpaired) electrons. The van der Waals surface area contributed by atoms with E-state index in [4.69, 9.17) is 14.9 Å². The van der Waals surface area contributed by atoms with Crippen molar-refractivity contribution in [1.82, 2.24) is 0 Å². The molecule has 0 saturated heterocycles. The molecule has 0 aliphatic carbocycles. The van der Waals surface area contributed by atoms with Crippen LogP contribution in [0.15, 0.2) is 48.5 Å². The van der Waals surface area contributed by atoms with Crippen molar-refractivity contribution < 1.29 is 24.5 Å². The van der Waals surface area contributed by atoms with Crippen molar-refractivity contribution >= 4 is 11.9 Å². The molecule has 0 aromatic heterocycles. The van der Waals surface area contributed by atoms with Gasteiger partial charge in [0.25, 0.3) is 0 Å². The van der Waals surface area contributed by atoms with Crippen LogP contribution in [0.4, 0.5) is 0 Å². The van der Waals surface area contributed by atoms with Gasteiger partial charge in [-0.3, -0.25) is 0 Å². The number of carboxylic acid groups (broad SMARTS) is 2. The van der Waals surface area contributed by atoms with E-state index in [2.05, 4.69) is 0 Å². The fourth-order valence-corrected chi connectivity index (χ4v) is 1.73. The van der Waals surface area contributed by atoms with E-state index in [0.29, 0.717) is 11.3 Å². The number of benzene rings is 2. The minimum atomic E-state index is -1.04. The fourth-order valence-electron chi connectivity index (χ4n) is 1.73. The van der Waals surface area contributed by atoms with Gasteiger partial charge >= 0.3 is 11.9 Å². The molecule has 2 aromatic rings. The number of carboxylic acids is 2. The maximum Gasteiger partial charge on any atom is 0.336 e. The molecule has 5 heteroatoms. The zero-order chi connectivity index (χ0) is 14.5. The molecule has 2 N–H and O–H groups in total. The summed E-state index contributed by atoms with van der Waals surface area (Å²) in [5.74, 6) is -1.69. The van der Waals surface area contributed by atoms with Crippen LogP contribution in [0.2, 0.25) is 0 Å². The molecule has 0 aliphatic rings. The van der Waals surface area contributed by atoms with Gasteiger partial charge in [-0.2, -0.15) is 0 Å². The Morgan fingerprint density at radius 2 is 1.70 bits per heavy atom. The fraction of sp³-hybridized carbons (Fsp3) is 0.0667. The van der Waals surface area contributed by atoms with Gasteiger partial charge in [-0.1, -0.05) is 24.3 Å². The highest BCUT2D eigenvalue weighted by Crippen LogP contribution is 2.17. The molecule has 0 bridgehead atoms. The highest BCUT2D eigenvalue weighted by Gasteiger charge is 2.10. The zero-order valence-electron chi connectivity index (χ0n) is 10.4. The maximum absolute atomic E-state index is 11.0. The number of ether oxygens (including phenoxy) is 1. The Morgan fingerprint density at radius 3 is 2.40 bits per heavy atom. The van der Waals surface area contributed by atoms with Crippen molar-refractivity contribution in [2.24, 2.45) is 0 Å². The number of hydrogen-bond donors (Lipinski definition) is 2. The Bertz CT molecular complexity index is 648. The third-order valence-electron chi connectivity index (χ3n) is 2.72. The molecule has 0 saturated carbocycles. The van der Waals surface area contributed by atoms with Gasteiger partial charge in [-0.15, -0.1) is 0 Å². The second-order valence-corrected chi connectivity index (χ2v) is 4.08. The average Bonchev–Trinajstić information content (AvgIpc) is 2.45. The Balaban J connectivity index is 2.15. The quantitative estimate of drug-likeness (QED) is 0.874. The van der Waals surface area contributed by atoms with Crippen LogP contribution in [0, 0.1) is 0 Å². The van der Waals surface area contributed by atoms with Crippen LogP contribution in [0.25, 0.3) is 0 Å². The summed E-state index contributed by atoms with van der Waals surface area (Å²) in [4.78, 5) is 21.9. The van der Waals surface area contributed by atoms with Gasteiger partial charge in [0.05, 0.1) is 11.1 Å². The predicted octanol–water partition coefficient (Wildman–Crippen LogP) is 2.66. The molecule has 2 aromatic carbocycles. The summed E-state index contributed by atoms with van der Waals surface area (Å²) < 4.78 is 5.45. The van der Waals surface area contributed by atoms with Gasteiger partial charge in [-0.05, 0) is 24.3 Å². The summed E-state index contributed by atoms with van der Waals surface area (Å²) in [7, 11) is 0. The van der Waals surface area contributed by atoms with E-state index in [1.807, 2.05) is 0 Å². The van der Waals surface area contributed by atoms with Crippen molar-refractivity contribution in [3.05, 3.63) is 65.2 Å². The summed E-state index contributed by atoms with van der Waals surface area (Å²) in [5, 5.41) is 17.9. The molecule has 0 atom stereocenters. The minimum Gasteiger partial charge on any atom is -0.489 e. The molecule has 0 aliphatic heterocycles. The van der Waals surface area contributed by atoms with E-state index < -0.39 is 11.9 Å². The van der Waals surface area contributed by atoms with E-state index in [0.717, 1.165) is 0 Å². The lowest BCUT2D eigenvalue weighted by Gasteiger charge is -2.09. The highest BCUT2D eigenvalue weighted by molar-refractivity contribution is 5.89. The molecule has 20 heavy (non-hydrogen) atoms. The van der Waals surface area contributed by atoms with E-state index >= 15 is 0 Å². The van der Waals surface area contributed by atoms with Crippen LogP contribution >= 0.6 is 0 Å². The molecule has 2 rings (SSSR count). The first-order valence-electron chi connectivity index (χ1n) is 5.85. The summed E-state index contributed by atoms with van der Waals surface area (Å²) in [6.07, 6.45) is 0. The normalized spacial score (nSPS) is 10.0. The van der Waals surface area contributed by atoms with E-state index in [1.54, 1.807) is 30.3 Å². The van der Waals surface area contributed by atoms with Gasteiger partial charge in [0.1, 0.15) is 12.4 Å². The van der Waals surface area contributed by atoms with Gasteiger partial charge in [0, 0.05) is 5.56 Å². The summed E-state index contributed by atoms with van der Waals surface area (Å²) in [6, 6.07) is 12.6. The van der Waals surface area contributed by atoms with Crippen molar-refractivity contribution in [2.75, 3.05) is 0 Å². The SMILES string of the molecule is O=C(O)c1cccc(OCc2ccccc2C(=O)O)c1. The lowest BCUT2D eigenvalue weighted by Crippen LogP contribution is -2.05. The Hall–Kier alpha value is -2.82.